The minimum atomic E-state index is -0.318. The van der Waals surface area contributed by atoms with E-state index in [0.717, 1.165) is 12.0 Å². The van der Waals surface area contributed by atoms with Gasteiger partial charge in [0, 0.05) is 12.6 Å². The summed E-state index contributed by atoms with van der Waals surface area (Å²) in [5, 5.41) is 2.60. The molecule has 0 saturated heterocycles. The zero-order valence-electron chi connectivity index (χ0n) is 8.92. The van der Waals surface area contributed by atoms with Crippen LogP contribution in [0, 0.1) is 0 Å². The highest BCUT2D eigenvalue weighted by Gasteiger charge is 2.01. The fourth-order valence-electron chi connectivity index (χ4n) is 0.767. The van der Waals surface area contributed by atoms with Crippen molar-refractivity contribution in [3.05, 3.63) is 11.6 Å². The van der Waals surface area contributed by atoms with E-state index in [9.17, 15) is 9.59 Å². The van der Waals surface area contributed by atoms with Crippen molar-refractivity contribution in [1.82, 2.24) is 5.32 Å². The first-order valence-corrected chi connectivity index (χ1v) is 4.62. The molecule has 0 aromatic carbocycles. The number of carbonyl (C=O) groups excluding carboxylic acids is 2. The summed E-state index contributed by atoms with van der Waals surface area (Å²) in [6, 6.07) is 0. The van der Waals surface area contributed by atoms with E-state index >= 15 is 0 Å². The van der Waals surface area contributed by atoms with Gasteiger partial charge in [0.1, 0.15) is 0 Å². The van der Waals surface area contributed by atoms with E-state index in [2.05, 4.69) is 10.1 Å². The third-order valence-corrected chi connectivity index (χ3v) is 1.79. The van der Waals surface area contributed by atoms with Crippen molar-refractivity contribution in [2.24, 2.45) is 0 Å². The molecule has 0 aromatic heterocycles. The highest BCUT2D eigenvalue weighted by atomic mass is 16.5. The molecule has 0 aliphatic carbocycles. The molecule has 14 heavy (non-hydrogen) atoms. The molecule has 4 nitrogen and oxygen atoms in total. The van der Waals surface area contributed by atoms with Gasteiger partial charge in [-0.25, -0.2) is 0 Å². The third-order valence-electron chi connectivity index (χ3n) is 1.79. The van der Waals surface area contributed by atoms with Crippen LogP contribution in [-0.2, 0) is 14.3 Å². The summed E-state index contributed by atoms with van der Waals surface area (Å²) in [5.74, 6) is -0.477. The Morgan fingerprint density at radius 3 is 2.57 bits per heavy atom. The van der Waals surface area contributed by atoms with E-state index in [1.165, 1.54) is 13.2 Å². The normalized spacial score (nSPS) is 10.9. The van der Waals surface area contributed by atoms with Gasteiger partial charge < -0.3 is 10.1 Å². The van der Waals surface area contributed by atoms with Gasteiger partial charge >= 0.3 is 5.97 Å². The van der Waals surface area contributed by atoms with Gasteiger partial charge in [0.2, 0.25) is 5.91 Å². The van der Waals surface area contributed by atoms with Crippen LogP contribution in [0.2, 0.25) is 0 Å². The van der Waals surface area contributed by atoms with Crippen molar-refractivity contribution >= 4 is 11.9 Å². The highest BCUT2D eigenvalue weighted by Crippen LogP contribution is 1.96. The van der Waals surface area contributed by atoms with Crippen LogP contribution in [0.1, 0.15) is 26.7 Å². The summed E-state index contributed by atoms with van der Waals surface area (Å²) in [6.45, 7) is 4.19. The fourth-order valence-corrected chi connectivity index (χ4v) is 0.767. The second-order valence-electron chi connectivity index (χ2n) is 2.96. The predicted octanol–water partition coefficient (Wildman–Crippen LogP) is 1.02. The maximum absolute atomic E-state index is 11.1. The first-order valence-electron chi connectivity index (χ1n) is 4.62. The third kappa shape index (κ3) is 6.22. The number of amides is 1. The smallest absolute Gasteiger partial charge is 0.307 e. The molecule has 1 amide bonds. The summed E-state index contributed by atoms with van der Waals surface area (Å²) in [6.07, 6.45) is 2.60. The van der Waals surface area contributed by atoms with Crippen molar-refractivity contribution in [3.8, 4) is 0 Å². The van der Waals surface area contributed by atoms with Crippen LogP contribution in [0.4, 0.5) is 0 Å². The average Bonchev–Trinajstić information content (AvgIpc) is 2.17. The molecule has 0 fully saturated rings. The maximum Gasteiger partial charge on any atom is 0.307 e. The number of hydrogen-bond acceptors (Lipinski definition) is 3. The van der Waals surface area contributed by atoms with E-state index in [4.69, 9.17) is 0 Å². The molecule has 4 heteroatoms. The molecule has 1 N–H and O–H groups in total. The zero-order chi connectivity index (χ0) is 11.0. The molecule has 0 heterocycles. The van der Waals surface area contributed by atoms with Gasteiger partial charge in [-0.1, -0.05) is 12.5 Å². The van der Waals surface area contributed by atoms with Crippen LogP contribution < -0.4 is 5.32 Å². The molecule has 80 valence electrons. The molecule has 0 unspecified atom stereocenters. The van der Waals surface area contributed by atoms with Crippen LogP contribution in [0.3, 0.4) is 0 Å². The van der Waals surface area contributed by atoms with Crippen LogP contribution in [-0.4, -0.2) is 25.5 Å². The number of methoxy groups -OCH3 is 1. The van der Waals surface area contributed by atoms with E-state index in [-0.39, 0.29) is 18.3 Å². The Kier molecular flexibility index (Phi) is 6.45. The fraction of sp³-hybridized carbons (Fsp3) is 0.600. The van der Waals surface area contributed by atoms with Crippen molar-refractivity contribution < 1.29 is 14.3 Å². The lowest BCUT2D eigenvalue weighted by molar-refractivity contribution is -0.140. The van der Waals surface area contributed by atoms with Gasteiger partial charge in [-0.2, -0.15) is 0 Å². The van der Waals surface area contributed by atoms with Crippen LogP contribution in [0.5, 0.6) is 0 Å². The molecule has 0 spiro atoms. The number of ether oxygens (including phenoxy) is 1. The quantitative estimate of drug-likeness (QED) is 0.531. The first-order chi connectivity index (χ1) is 6.60. The molecule has 0 rings (SSSR count). The Morgan fingerprint density at radius 2 is 2.07 bits per heavy atom. The number of rotatable bonds is 5. The summed E-state index contributed by atoms with van der Waals surface area (Å²) < 4.78 is 4.43. The van der Waals surface area contributed by atoms with Crippen molar-refractivity contribution in [2.75, 3.05) is 13.7 Å². The van der Waals surface area contributed by atoms with Gasteiger partial charge in [0.25, 0.3) is 0 Å². The number of carbonyl (C=O) groups is 2. The summed E-state index contributed by atoms with van der Waals surface area (Å²) in [7, 11) is 1.32. The van der Waals surface area contributed by atoms with Gasteiger partial charge in [-0.15, -0.1) is 0 Å². The van der Waals surface area contributed by atoms with Crippen molar-refractivity contribution in [1.29, 1.82) is 0 Å². The molecule has 0 aliphatic heterocycles. The Bertz CT molecular complexity index is 234. The molecular weight excluding hydrogens is 182 g/mol. The Morgan fingerprint density at radius 1 is 1.43 bits per heavy atom. The minimum absolute atomic E-state index is 0.159. The van der Waals surface area contributed by atoms with E-state index in [1.54, 1.807) is 0 Å². The largest absolute Gasteiger partial charge is 0.469 e. The minimum Gasteiger partial charge on any atom is -0.469 e. The molecule has 0 atom stereocenters. The molecule has 0 aliphatic rings. The number of hydrogen-bond donors (Lipinski definition) is 1. The summed E-state index contributed by atoms with van der Waals surface area (Å²) >= 11 is 0. The first kappa shape index (κ1) is 12.7. The van der Waals surface area contributed by atoms with Crippen molar-refractivity contribution in [2.45, 2.75) is 26.7 Å². The van der Waals surface area contributed by atoms with Crippen molar-refractivity contribution in [3.63, 3.8) is 0 Å². The van der Waals surface area contributed by atoms with Crippen LogP contribution >= 0.6 is 0 Å². The Hall–Kier alpha value is -1.32. The number of allylic oxidation sites excluding steroid dienone is 1. The Labute approximate surface area is 84.3 Å². The van der Waals surface area contributed by atoms with E-state index in [1.807, 2.05) is 13.8 Å². The topological polar surface area (TPSA) is 55.4 Å². The van der Waals surface area contributed by atoms with Gasteiger partial charge in [-0.3, -0.25) is 9.59 Å². The highest BCUT2D eigenvalue weighted by molar-refractivity contribution is 5.88. The van der Waals surface area contributed by atoms with E-state index < -0.39 is 0 Å². The van der Waals surface area contributed by atoms with Gasteiger partial charge in [-0.05, 0) is 13.3 Å². The van der Waals surface area contributed by atoms with Crippen LogP contribution in [0.15, 0.2) is 11.6 Å². The average molecular weight is 199 g/mol. The van der Waals surface area contributed by atoms with E-state index in [0.29, 0.717) is 6.54 Å². The van der Waals surface area contributed by atoms with Gasteiger partial charge in [0.05, 0.1) is 13.5 Å². The standard InChI is InChI=1S/C10H17NO3/c1-4-8(2)7-9(12)11-6-5-10(13)14-3/h7H,4-6H2,1-3H3,(H,11,12)/b8-7+. The second-order valence-corrected chi connectivity index (χ2v) is 2.96. The second kappa shape index (κ2) is 7.12. The monoisotopic (exact) mass is 199 g/mol. The number of nitrogens with one attached hydrogen (secondary N) is 1. The summed E-state index contributed by atoms with van der Waals surface area (Å²) in [5.41, 5.74) is 1.01. The molecule has 0 saturated carbocycles. The lowest BCUT2D eigenvalue weighted by atomic mass is 10.2. The molecule has 0 aromatic rings. The SMILES string of the molecule is CC/C(C)=C/C(=O)NCCC(=O)OC. The summed E-state index contributed by atoms with van der Waals surface area (Å²) in [4.78, 5) is 21.8. The maximum atomic E-state index is 11.1. The Balaban J connectivity index is 3.70. The van der Waals surface area contributed by atoms with Crippen LogP contribution in [0.25, 0.3) is 0 Å². The molecular formula is C10H17NO3. The lowest BCUT2D eigenvalue weighted by Gasteiger charge is -2.01. The number of esters is 1. The molecule has 0 radical (unpaired) electrons. The predicted molar refractivity (Wildman–Crippen MR) is 53.7 cm³/mol. The lowest BCUT2D eigenvalue weighted by Crippen LogP contribution is -2.24. The van der Waals surface area contributed by atoms with Gasteiger partial charge in [0.15, 0.2) is 0 Å². The zero-order valence-corrected chi connectivity index (χ0v) is 8.92. The molecule has 0 bridgehead atoms.